The van der Waals surface area contributed by atoms with E-state index in [2.05, 4.69) is 5.32 Å². The lowest BCUT2D eigenvalue weighted by Crippen LogP contribution is -2.59. The number of rotatable bonds is 0. The Bertz CT molecular complexity index is 225. The maximum atomic E-state index is 11.7. The summed E-state index contributed by atoms with van der Waals surface area (Å²) < 4.78 is 5.82. The standard InChI is InChI=1S/C10H17NO2/c1-10(2)11-9(12)7-5-3-4-6-8(7)13-10/h7-8H,3-6H2,1-2H3,(H,11,12)/t7-,8+/m1/s1. The number of fused-ring (bicyclic) bond motifs is 1. The van der Waals surface area contributed by atoms with Crippen molar-refractivity contribution >= 4 is 5.91 Å². The SMILES string of the molecule is CC1(C)NC(=O)[C@@H]2CCCC[C@@H]2O1. The van der Waals surface area contributed by atoms with Crippen LogP contribution in [0.15, 0.2) is 0 Å². The average Bonchev–Trinajstić information content (AvgIpc) is 2.02. The monoisotopic (exact) mass is 183 g/mol. The van der Waals surface area contributed by atoms with Crippen LogP contribution in [0.1, 0.15) is 39.5 Å². The van der Waals surface area contributed by atoms with Gasteiger partial charge in [-0.2, -0.15) is 0 Å². The molecule has 1 aliphatic heterocycles. The molecule has 0 aromatic heterocycles. The Morgan fingerprint density at radius 1 is 1.38 bits per heavy atom. The van der Waals surface area contributed by atoms with E-state index in [1.165, 1.54) is 12.8 Å². The summed E-state index contributed by atoms with van der Waals surface area (Å²) >= 11 is 0. The summed E-state index contributed by atoms with van der Waals surface area (Å²) in [4.78, 5) is 11.7. The zero-order valence-electron chi connectivity index (χ0n) is 8.30. The molecule has 2 fully saturated rings. The Morgan fingerprint density at radius 3 is 2.85 bits per heavy atom. The smallest absolute Gasteiger partial charge is 0.227 e. The van der Waals surface area contributed by atoms with Crippen molar-refractivity contribution in [3.8, 4) is 0 Å². The molecular weight excluding hydrogens is 166 g/mol. The van der Waals surface area contributed by atoms with Crippen LogP contribution in [0.25, 0.3) is 0 Å². The van der Waals surface area contributed by atoms with Crippen molar-refractivity contribution in [2.45, 2.75) is 51.4 Å². The van der Waals surface area contributed by atoms with Gasteiger partial charge in [-0.1, -0.05) is 12.8 Å². The van der Waals surface area contributed by atoms with Crippen molar-refractivity contribution in [2.24, 2.45) is 5.92 Å². The van der Waals surface area contributed by atoms with Crippen molar-refractivity contribution in [3.05, 3.63) is 0 Å². The maximum absolute atomic E-state index is 11.7. The molecule has 13 heavy (non-hydrogen) atoms. The second-order valence-corrected chi connectivity index (χ2v) is 4.55. The van der Waals surface area contributed by atoms with Gasteiger partial charge in [0.15, 0.2) is 0 Å². The lowest BCUT2D eigenvalue weighted by atomic mass is 9.84. The van der Waals surface area contributed by atoms with Crippen LogP contribution in [0, 0.1) is 5.92 Å². The van der Waals surface area contributed by atoms with Crippen LogP contribution in [0.5, 0.6) is 0 Å². The third kappa shape index (κ3) is 1.70. The number of carbonyl (C=O) groups excluding carboxylic acids is 1. The van der Waals surface area contributed by atoms with Gasteiger partial charge in [0, 0.05) is 0 Å². The molecule has 0 bridgehead atoms. The highest BCUT2D eigenvalue weighted by Crippen LogP contribution is 2.33. The lowest BCUT2D eigenvalue weighted by molar-refractivity contribution is -0.178. The first kappa shape index (κ1) is 9.00. The Labute approximate surface area is 78.8 Å². The van der Waals surface area contributed by atoms with Gasteiger partial charge in [0.25, 0.3) is 0 Å². The molecule has 1 heterocycles. The first-order valence-electron chi connectivity index (χ1n) is 5.08. The first-order valence-corrected chi connectivity index (χ1v) is 5.08. The van der Waals surface area contributed by atoms with E-state index < -0.39 is 5.72 Å². The molecule has 1 N–H and O–H groups in total. The van der Waals surface area contributed by atoms with Gasteiger partial charge in [-0.15, -0.1) is 0 Å². The number of hydrogen-bond acceptors (Lipinski definition) is 2. The van der Waals surface area contributed by atoms with Crippen LogP contribution in [-0.4, -0.2) is 17.7 Å². The highest BCUT2D eigenvalue weighted by molar-refractivity contribution is 5.80. The average molecular weight is 183 g/mol. The molecule has 1 saturated heterocycles. The molecule has 1 saturated carbocycles. The zero-order chi connectivity index (χ0) is 9.47. The molecule has 1 amide bonds. The summed E-state index contributed by atoms with van der Waals surface area (Å²) in [5.74, 6) is 0.294. The van der Waals surface area contributed by atoms with Gasteiger partial charge in [-0.25, -0.2) is 0 Å². The van der Waals surface area contributed by atoms with Gasteiger partial charge in [0.1, 0.15) is 5.72 Å². The number of hydrogen-bond donors (Lipinski definition) is 1. The third-order valence-corrected chi connectivity index (χ3v) is 2.91. The van der Waals surface area contributed by atoms with E-state index in [0.717, 1.165) is 12.8 Å². The fraction of sp³-hybridized carbons (Fsp3) is 0.900. The minimum atomic E-state index is -0.463. The predicted octanol–water partition coefficient (Wildman–Crippen LogP) is 1.43. The minimum absolute atomic E-state index is 0.113. The quantitative estimate of drug-likeness (QED) is 0.617. The summed E-state index contributed by atoms with van der Waals surface area (Å²) in [7, 11) is 0. The second kappa shape index (κ2) is 2.98. The van der Waals surface area contributed by atoms with Crippen LogP contribution in [-0.2, 0) is 9.53 Å². The topological polar surface area (TPSA) is 38.3 Å². The summed E-state index contributed by atoms with van der Waals surface area (Å²) in [5.41, 5.74) is -0.463. The molecule has 0 radical (unpaired) electrons. The molecule has 2 aliphatic rings. The van der Waals surface area contributed by atoms with Crippen molar-refractivity contribution in [1.29, 1.82) is 0 Å². The van der Waals surface area contributed by atoms with Crippen molar-refractivity contribution < 1.29 is 9.53 Å². The van der Waals surface area contributed by atoms with Gasteiger partial charge >= 0.3 is 0 Å². The Morgan fingerprint density at radius 2 is 2.08 bits per heavy atom. The first-order chi connectivity index (χ1) is 6.08. The molecule has 0 unspecified atom stereocenters. The van der Waals surface area contributed by atoms with E-state index in [1.807, 2.05) is 13.8 Å². The van der Waals surface area contributed by atoms with E-state index in [4.69, 9.17) is 4.74 Å². The summed E-state index contributed by atoms with van der Waals surface area (Å²) in [6.45, 7) is 3.82. The molecule has 3 heteroatoms. The summed E-state index contributed by atoms with van der Waals surface area (Å²) in [5, 5.41) is 2.89. The molecule has 1 aliphatic carbocycles. The van der Waals surface area contributed by atoms with Gasteiger partial charge in [0.2, 0.25) is 5.91 Å². The third-order valence-electron chi connectivity index (χ3n) is 2.91. The van der Waals surface area contributed by atoms with Crippen LogP contribution in [0.3, 0.4) is 0 Å². The Balaban J connectivity index is 2.12. The van der Waals surface area contributed by atoms with E-state index in [0.29, 0.717) is 0 Å². The number of nitrogens with one attached hydrogen (secondary N) is 1. The van der Waals surface area contributed by atoms with Crippen molar-refractivity contribution in [1.82, 2.24) is 5.32 Å². The van der Waals surface area contributed by atoms with Gasteiger partial charge in [-0.3, -0.25) is 4.79 Å². The molecule has 2 rings (SSSR count). The van der Waals surface area contributed by atoms with Crippen molar-refractivity contribution in [2.75, 3.05) is 0 Å². The largest absolute Gasteiger partial charge is 0.352 e. The van der Waals surface area contributed by atoms with Crippen LogP contribution in [0.2, 0.25) is 0 Å². The molecule has 0 aromatic rings. The molecule has 0 aromatic carbocycles. The normalized spacial score (nSPS) is 37.8. The molecule has 3 nitrogen and oxygen atoms in total. The highest BCUT2D eigenvalue weighted by atomic mass is 16.5. The van der Waals surface area contributed by atoms with Gasteiger partial charge in [-0.05, 0) is 26.7 Å². The van der Waals surface area contributed by atoms with E-state index in [1.54, 1.807) is 0 Å². The second-order valence-electron chi connectivity index (χ2n) is 4.55. The Kier molecular flexibility index (Phi) is 2.06. The maximum Gasteiger partial charge on any atom is 0.227 e. The van der Waals surface area contributed by atoms with E-state index >= 15 is 0 Å². The Hall–Kier alpha value is -0.570. The van der Waals surface area contributed by atoms with Gasteiger partial charge < -0.3 is 10.1 Å². The van der Waals surface area contributed by atoms with E-state index in [-0.39, 0.29) is 17.9 Å². The highest BCUT2D eigenvalue weighted by Gasteiger charge is 2.41. The number of ether oxygens (including phenoxy) is 1. The summed E-state index contributed by atoms with van der Waals surface area (Å²) in [6, 6.07) is 0. The lowest BCUT2D eigenvalue weighted by Gasteiger charge is -2.43. The molecule has 2 atom stereocenters. The van der Waals surface area contributed by atoms with E-state index in [9.17, 15) is 4.79 Å². The zero-order valence-corrected chi connectivity index (χ0v) is 8.30. The fourth-order valence-electron chi connectivity index (χ4n) is 2.34. The number of amides is 1. The summed E-state index contributed by atoms with van der Waals surface area (Å²) in [6.07, 6.45) is 4.56. The van der Waals surface area contributed by atoms with Gasteiger partial charge in [0.05, 0.1) is 12.0 Å². The van der Waals surface area contributed by atoms with Crippen LogP contribution >= 0.6 is 0 Å². The molecule has 0 spiro atoms. The number of carbonyl (C=O) groups is 1. The predicted molar refractivity (Wildman–Crippen MR) is 49.1 cm³/mol. The van der Waals surface area contributed by atoms with Crippen LogP contribution in [0.4, 0.5) is 0 Å². The fourth-order valence-corrected chi connectivity index (χ4v) is 2.34. The van der Waals surface area contributed by atoms with Crippen molar-refractivity contribution in [3.63, 3.8) is 0 Å². The molecular formula is C10H17NO2. The minimum Gasteiger partial charge on any atom is -0.352 e. The van der Waals surface area contributed by atoms with Crippen LogP contribution < -0.4 is 5.32 Å². The molecule has 74 valence electrons.